The molecule has 2 heterocycles. The summed E-state index contributed by atoms with van der Waals surface area (Å²) in [5.41, 5.74) is 0. The zero-order chi connectivity index (χ0) is 21.6. The molecule has 4 nitrogen and oxygen atoms in total. The van der Waals surface area contributed by atoms with E-state index in [2.05, 4.69) is 32.4 Å². The van der Waals surface area contributed by atoms with Crippen LogP contribution in [0.5, 0.6) is 11.5 Å². The van der Waals surface area contributed by atoms with Gasteiger partial charge in [0, 0.05) is 44.6 Å². The minimum Gasteiger partial charge on any atom is -0.484 e. The first kappa shape index (κ1) is 29.6. The molecule has 0 aliphatic carbocycles. The Balaban J connectivity index is 0.00000272. The standard InChI is InChI=1S/C21H27O3S3.CH4O.W/c1-6-10-12-22-13-15-14-23-18-19(24-15)21(17(25-5)11-7-2)27-20(18)16(8-3)26-9-4;1-2;/h7-9,11,15H,1-2,4,6,10,12-14H2,3,5H3;2H,1H3;/q-1;;/b16-8-,17-11-;;. The zero-order valence-corrected chi connectivity index (χ0v) is 23.2. The van der Waals surface area contributed by atoms with Crippen LogP contribution in [0.1, 0.15) is 29.5 Å². The van der Waals surface area contributed by atoms with Crippen molar-refractivity contribution in [1.29, 1.82) is 0 Å². The van der Waals surface area contributed by atoms with Crippen LogP contribution in [0, 0.1) is 6.92 Å². The topological polar surface area (TPSA) is 47.9 Å². The molecule has 1 aliphatic rings. The van der Waals surface area contributed by atoms with Crippen LogP contribution in [0.4, 0.5) is 0 Å². The van der Waals surface area contributed by atoms with Crippen molar-refractivity contribution < 1.29 is 40.4 Å². The van der Waals surface area contributed by atoms with Crippen LogP contribution >= 0.6 is 34.9 Å². The quantitative estimate of drug-likeness (QED) is 0.176. The summed E-state index contributed by atoms with van der Waals surface area (Å²) in [5.74, 6) is 1.62. The van der Waals surface area contributed by atoms with Crippen LogP contribution in [0.25, 0.3) is 9.81 Å². The molecule has 0 radical (unpaired) electrons. The Hall–Kier alpha value is -0.432. The molecule has 1 N–H and O–H groups in total. The third-order valence-electron chi connectivity index (χ3n) is 3.77. The summed E-state index contributed by atoms with van der Waals surface area (Å²) >= 11 is 4.95. The molecule has 30 heavy (non-hydrogen) atoms. The Bertz CT molecular complexity index is 713. The van der Waals surface area contributed by atoms with Gasteiger partial charge in [0.15, 0.2) is 17.6 Å². The van der Waals surface area contributed by atoms with Crippen molar-refractivity contribution in [3.63, 3.8) is 0 Å². The van der Waals surface area contributed by atoms with E-state index in [-0.39, 0.29) is 27.2 Å². The van der Waals surface area contributed by atoms with Crippen molar-refractivity contribution in [2.24, 2.45) is 0 Å². The van der Waals surface area contributed by atoms with Gasteiger partial charge in [-0.15, -0.1) is 23.1 Å². The fourth-order valence-corrected chi connectivity index (χ4v) is 5.27. The summed E-state index contributed by atoms with van der Waals surface area (Å²) < 4.78 is 18.2. The Morgan fingerprint density at radius 3 is 2.57 bits per heavy atom. The van der Waals surface area contributed by atoms with Gasteiger partial charge in [-0.1, -0.05) is 43.5 Å². The molecule has 1 atom stereocenters. The Labute approximate surface area is 208 Å². The smallest absolute Gasteiger partial charge is 0.181 e. The van der Waals surface area contributed by atoms with E-state index in [0.717, 1.165) is 51.0 Å². The number of aliphatic hydroxyl groups is 1. The van der Waals surface area contributed by atoms with Gasteiger partial charge in [-0.25, -0.2) is 0 Å². The summed E-state index contributed by atoms with van der Waals surface area (Å²) in [4.78, 5) is 4.37. The SMILES string of the molecule is C=C/C=C(\SC)c1sc(/C(=C/C)SC=C)c2c1OC(COCCC[CH2-])CO2.CO.[W]. The predicted molar refractivity (Wildman–Crippen MR) is 131 cm³/mol. The molecule has 0 aromatic carbocycles. The fourth-order valence-electron chi connectivity index (χ4n) is 2.53. The van der Waals surface area contributed by atoms with Gasteiger partial charge in [0.05, 0.1) is 16.4 Å². The second kappa shape index (κ2) is 17.2. The van der Waals surface area contributed by atoms with Crippen molar-refractivity contribution in [1.82, 2.24) is 0 Å². The molecule has 0 bridgehead atoms. The Morgan fingerprint density at radius 2 is 2.00 bits per heavy atom. The summed E-state index contributed by atoms with van der Waals surface area (Å²) in [6.07, 6.45) is 9.66. The first-order valence-electron chi connectivity index (χ1n) is 9.29. The summed E-state index contributed by atoms with van der Waals surface area (Å²) in [7, 11) is 1.00. The maximum Gasteiger partial charge on any atom is 0.181 e. The average molecular weight is 640 g/mol. The number of thiophene rings is 1. The van der Waals surface area contributed by atoms with Crippen molar-refractivity contribution in [2.45, 2.75) is 25.9 Å². The molecule has 1 aliphatic heterocycles. The molecule has 0 amide bonds. The number of fused-ring (bicyclic) bond motifs is 1. The van der Waals surface area contributed by atoms with Gasteiger partial charge < -0.3 is 26.2 Å². The summed E-state index contributed by atoms with van der Waals surface area (Å²) in [6.45, 7) is 15.2. The molecule has 1 aromatic heterocycles. The third-order valence-corrected chi connectivity index (χ3v) is 6.89. The van der Waals surface area contributed by atoms with Crippen molar-refractivity contribution in [3.8, 4) is 11.5 Å². The minimum atomic E-state index is -0.114. The van der Waals surface area contributed by atoms with Gasteiger partial charge in [-0.3, -0.25) is 0 Å². The van der Waals surface area contributed by atoms with Crippen LogP contribution in [0.2, 0.25) is 0 Å². The third kappa shape index (κ3) is 8.25. The molecule has 0 saturated heterocycles. The molecule has 0 spiro atoms. The number of ether oxygens (including phenoxy) is 3. The molecule has 168 valence electrons. The van der Waals surface area contributed by atoms with Gasteiger partial charge in [-0.2, -0.15) is 6.42 Å². The largest absolute Gasteiger partial charge is 0.484 e. The second-order valence-electron chi connectivity index (χ2n) is 5.66. The Kier molecular flexibility index (Phi) is 16.9. The number of thioether (sulfide) groups is 2. The Morgan fingerprint density at radius 1 is 1.30 bits per heavy atom. The second-order valence-corrected chi connectivity index (χ2v) is 8.54. The predicted octanol–water partition coefficient (Wildman–Crippen LogP) is 6.25. The number of rotatable bonds is 11. The van der Waals surface area contributed by atoms with Crippen molar-refractivity contribution >= 4 is 44.7 Å². The molecule has 1 aromatic rings. The van der Waals surface area contributed by atoms with Gasteiger partial charge >= 0.3 is 0 Å². The molecular weight excluding hydrogens is 608 g/mol. The van der Waals surface area contributed by atoms with E-state index in [1.54, 1.807) is 40.9 Å². The van der Waals surface area contributed by atoms with Gasteiger partial charge in [0.25, 0.3) is 0 Å². The van der Waals surface area contributed by atoms with Crippen LogP contribution in [0.15, 0.2) is 36.8 Å². The first-order valence-corrected chi connectivity index (χ1v) is 12.2. The maximum absolute atomic E-state index is 7.00. The zero-order valence-electron chi connectivity index (χ0n) is 17.8. The van der Waals surface area contributed by atoms with E-state index < -0.39 is 0 Å². The normalized spacial score (nSPS) is 15.6. The van der Waals surface area contributed by atoms with E-state index in [9.17, 15) is 0 Å². The van der Waals surface area contributed by atoms with Gasteiger partial charge in [0.2, 0.25) is 0 Å². The van der Waals surface area contributed by atoms with E-state index in [1.807, 2.05) is 18.4 Å². The van der Waals surface area contributed by atoms with Crippen LogP contribution in [-0.2, 0) is 25.8 Å². The number of hydrogen-bond donors (Lipinski definition) is 1. The van der Waals surface area contributed by atoms with Gasteiger partial charge in [-0.05, 0) is 24.7 Å². The summed E-state index contributed by atoms with van der Waals surface area (Å²) in [6, 6.07) is 0. The number of allylic oxidation sites excluding steroid dienone is 3. The van der Waals surface area contributed by atoms with Crippen molar-refractivity contribution in [3.05, 3.63) is 53.5 Å². The molecule has 8 heteroatoms. The monoisotopic (exact) mass is 639 g/mol. The van der Waals surface area contributed by atoms with Gasteiger partial charge in [0.1, 0.15) is 6.61 Å². The van der Waals surface area contributed by atoms with Crippen LogP contribution in [0.3, 0.4) is 0 Å². The van der Waals surface area contributed by atoms with E-state index in [1.165, 1.54) is 0 Å². The number of hydrogen-bond acceptors (Lipinski definition) is 7. The van der Waals surface area contributed by atoms with Crippen LogP contribution in [-0.4, -0.2) is 44.4 Å². The average Bonchev–Trinajstić information content (AvgIpc) is 3.13. The fraction of sp³-hybridized carbons (Fsp3) is 0.409. The molecule has 0 fully saturated rings. The molecular formula is C22H31O4S3W-. The van der Waals surface area contributed by atoms with E-state index in [4.69, 9.17) is 19.3 Å². The van der Waals surface area contributed by atoms with Crippen LogP contribution < -0.4 is 9.47 Å². The number of unbranched alkanes of at least 4 members (excludes halogenated alkanes) is 1. The molecule has 1 unspecified atom stereocenters. The molecule has 2 rings (SSSR count). The maximum atomic E-state index is 7.00. The summed E-state index contributed by atoms with van der Waals surface area (Å²) in [5, 5.41) is 8.83. The van der Waals surface area contributed by atoms with E-state index >= 15 is 0 Å². The van der Waals surface area contributed by atoms with E-state index in [0.29, 0.717) is 19.8 Å². The first-order chi connectivity index (χ1) is 14.2. The minimum absolute atomic E-state index is 0. The molecule has 0 saturated carbocycles. The number of aliphatic hydroxyl groups excluding tert-OH is 1. The van der Waals surface area contributed by atoms with Crippen molar-refractivity contribution in [2.75, 3.05) is 33.2 Å².